The van der Waals surface area contributed by atoms with E-state index in [1.165, 1.54) is 0 Å². The molecule has 1 saturated heterocycles. The average molecular weight is 311 g/mol. The Morgan fingerprint density at radius 3 is 2.65 bits per heavy atom. The Kier molecular flexibility index (Phi) is 4.98. The zero-order chi connectivity index (χ0) is 16.1. The van der Waals surface area contributed by atoms with E-state index in [-0.39, 0.29) is 11.5 Å². The SMILES string of the molecule is O=C(Cc1ccccc1)C1CCN(Cc2ncc[nH]c2=O)CC1. The van der Waals surface area contributed by atoms with Crippen LogP contribution in [0.25, 0.3) is 0 Å². The number of H-pyrrole nitrogens is 1. The molecule has 0 atom stereocenters. The molecular weight excluding hydrogens is 290 g/mol. The van der Waals surface area contributed by atoms with Crippen molar-refractivity contribution in [3.63, 3.8) is 0 Å². The van der Waals surface area contributed by atoms with Crippen molar-refractivity contribution in [2.75, 3.05) is 13.1 Å². The summed E-state index contributed by atoms with van der Waals surface area (Å²) in [7, 11) is 0. The zero-order valence-corrected chi connectivity index (χ0v) is 13.1. The van der Waals surface area contributed by atoms with Crippen molar-refractivity contribution in [1.82, 2.24) is 14.9 Å². The fraction of sp³-hybridized carbons (Fsp3) is 0.389. The van der Waals surface area contributed by atoms with E-state index in [0.29, 0.717) is 24.4 Å². The van der Waals surface area contributed by atoms with Gasteiger partial charge < -0.3 is 4.98 Å². The van der Waals surface area contributed by atoms with Crippen LogP contribution in [0.1, 0.15) is 24.1 Å². The molecule has 3 rings (SSSR count). The fourth-order valence-electron chi connectivity index (χ4n) is 3.06. The summed E-state index contributed by atoms with van der Waals surface area (Å²) in [6.07, 6.45) is 5.38. The van der Waals surface area contributed by atoms with Crippen molar-refractivity contribution in [1.29, 1.82) is 0 Å². The van der Waals surface area contributed by atoms with E-state index in [2.05, 4.69) is 14.9 Å². The van der Waals surface area contributed by atoms with Gasteiger partial charge in [0, 0.05) is 31.3 Å². The van der Waals surface area contributed by atoms with Crippen LogP contribution in [0.4, 0.5) is 0 Å². The van der Waals surface area contributed by atoms with Crippen LogP contribution >= 0.6 is 0 Å². The fourth-order valence-corrected chi connectivity index (χ4v) is 3.06. The molecule has 2 heterocycles. The molecule has 0 unspecified atom stereocenters. The summed E-state index contributed by atoms with van der Waals surface area (Å²) in [5.41, 5.74) is 1.50. The molecule has 2 aromatic rings. The molecule has 120 valence electrons. The molecule has 0 radical (unpaired) electrons. The Bertz CT molecular complexity index is 703. The van der Waals surface area contributed by atoms with Gasteiger partial charge in [-0.25, -0.2) is 0 Å². The topological polar surface area (TPSA) is 66.1 Å². The van der Waals surface area contributed by atoms with Crippen LogP contribution in [-0.4, -0.2) is 33.7 Å². The summed E-state index contributed by atoms with van der Waals surface area (Å²) >= 11 is 0. The number of benzene rings is 1. The molecule has 1 aliphatic heterocycles. The molecule has 23 heavy (non-hydrogen) atoms. The Labute approximate surface area is 135 Å². The molecule has 1 aliphatic rings. The maximum Gasteiger partial charge on any atom is 0.270 e. The quantitative estimate of drug-likeness (QED) is 0.914. The van der Waals surface area contributed by atoms with Gasteiger partial charge in [0.2, 0.25) is 0 Å². The summed E-state index contributed by atoms with van der Waals surface area (Å²) in [5.74, 6) is 0.458. The Hall–Kier alpha value is -2.27. The predicted molar refractivity (Wildman–Crippen MR) is 88.0 cm³/mol. The highest BCUT2D eigenvalue weighted by Gasteiger charge is 2.25. The largest absolute Gasteiger partial charge is 0.326 e. The monoisotopic (exact) mass is 311 g/mol. The molecule has 0 amide bonds. The second kappa shape index (κ2) is 7.33. The second-order valence-electron chi connectivity index (χ2n) is 6.04. The number of nitrogens with zero attached hydrogens (tertiary/aromatic N) is 2. The molecule has 0 spiro atoms. The highest BCUT2D eigenvalue weighted by atomic mass is 16.1. The van der Waals surface area contributed by atoms with Gasteiger partial charge in [-0.3, -0.25) is 19.5 Å². The average Bonchev–Trinajstić information content (AvgIpc) is 2.58. The molecular formula is C18H21N3O2. The van der Waals surface area contributed by atoms with E-state index in [4.69, 9.17) is 0 Å². The van der Waals surface area contributed by atoms with E-state index in [9.17, 15) is 9.59 Å². The lowest BCUT2D eigenvalue weighted by atomic mass is 9.89. The lowest BCUT2D eigenvalue weighted by Crippen LogP contribution is -2.37. The minimum absolute atomic E-state index is 0.130. The minimum Gasteiger partial charge on any atom is -0.326 e. The van der Waals surface area contributed by atoms with Gasteiger partial charge in [0.1, 0.15) is 11.5 Å². The summed E-state index contributed by atoms with van der Waals surface area (Å²) in [5, 5.41) is 0. The van der Waals surface area contributed by atoms with Crippen LogP contribution in [0.3, 0.4) is 0 Å². The van der Waals surface area contributed by atoms with Crippen LogP contribution in [-0.2, 0) is 17.8 Å². The Morgan fingerprint density at radius 1 is 1.22 bits per heavy atom. The second-order valence-corrected chi connectivity index (χ2v) is 6.04. The first-order valence-electron chi connectivity index (χ1n) is 8.04. The first kappa shape index (κ1) is 15.6. The number of carbonyl (C=O) groups is 1. The first-order valence-corrected chi connectivity index (χ1v) is 8.04. The van der Waals surface area contributed by atoms with Gasteiger partial charge in [0.05, 0.1) is 0 Å². The van der Waals surface area contributed by atoms with Gasteiger partial charge in [0.25, 0.3) is 5.56 Å². The van der Waals surface area contributed by atoms with Crippen LogP contribution in [0.2, 0.25) is 0 Å². The molecule has 1 aromatic heterocycles. The van der Waals surface area contributed by atoms with Crippen LogP contribution in [0.5, 0.6) is 0 Å². The lowest BCUT2D eigenvalue weighted by Gasteiger charge is -2.30. The van der Waals surface area contributed by atoms with Gasteiger partial charge in [0.15, 0.2) is 0 Å². The summed E-state index contributed by atoms with van der Waals surface area (Å²) in [4.78, 5) is 33.0. The number of rotatable bonds is 5. The van der Waals surface area contributed by atoms with Crippen molar-refractivity contribution in [2.45, 2.75) is 25.8 Å². The normalized spacial score (nSPS) is 16.3. The highest BCUT2D eigenvalue weighted by Crippen LogP contribution is 2.20. The van der Waals surface area contributed by atoms with E-state index in [1.807, 2.05) is 30.3 Å². The van der Waals surface area contributed by atoms with E-state index in [1.54, 1.807) is 12.4 Å². The molecule has 0 aliphatic carbocycles. The number of likely N-dealkylation sites (tertiary alicyclic amines) is 1. The van der Waals surface area contributed by atoms with E-state index < -0.39 is 0 Å². The molecule has 5 nitrogen and oxygen atoms in total. The molecule has 1 N–H and O–H groups in total. The summed E-state index contributed by atoms with van der Waals surface area (Å²) < 4.78 is 0. The lowest BCUT2D eigenvalue weighted by molar-refractivity contribution is -0.123. The van der Waals surface area contributed by atoms with E-state index >= 15 is 0 Å². The number of aromatic amines is 1. The number of Topliss-reactive ketones (excluding diaryl/α,β-unsaturated/α-hetero) is 1. The number of ketones is 1. The Balaban J connectivity index is 1.51. The van der Waals surface area contributed by atoms with Crippen molar-refractivity contribution < 1.29 is 4.79 Å². The van der Waals surface area contributed by atoms with Crippen molar-refractivity contribution in [3.05, 3.63) is 64.3 Å². The minimum atomic E-state index is -0.130. The van der Waals surface area contributed by atoms with Crippen molar-refractivity contribution in [2.24, 2.45) is 5.92 Å². The van der Waals surface area contributed by atoms with Crippen LogP contribution in [0.15, 0.2) is 47.5 Å². The summed E-state index contributed by atoms with van der Waals surface area (Å²) in [6, 6.07) is 9.90. The number of piperidine rings is 1. The Morgan fingerprint density at radius 2 is 1.96 bits per heavy atom. The number of nitrogens with one attached hydrogen (secondary N) is 1. The third-order valence-electron chi connectivity index (χ3n) is 4.42. The molecule has 0 bridgehead atoms. The van der Waals surface area contributed by atoms with Crippen molar-refractivity contribution in [3.8, 4) is 0 Å². The first-order chi connectivity index (χ1) is 11.2. The molecule has 5 heteroatoms. The van der Waals surface area contributed by atoms with Gasteiger partial charge in [-0.1, -0.05) is 30.3 Å². The van der Waals surface area contributed by atoms with E-state index in [0.717, 1.165) is 31.5 Å². The predicted octanol–water partition coefficient (Wildman–Crippen LogP) is 1.79. The van der Waals surface area contributed by atoms with Gasteiger partial charge in [-0.2, -0.15) is 0 Å². The number of hydrogen-bond donors (Lipinski definition) is 1. The molecule has 0 saturated carbocycles. The van der Waals surface area contributed by atoms with Gasteiger partial charge in [-0.15, -0.1) is 0 Å². The third kappa shape index (κ3) is 4.13. The molecule has 1 fully saturated rings. The number of aromatic nitrogens is 2. The smallest absolute Gasteiger partial charge is 0.270 e. The van der Waals surface area contributed by atoms with Gasteiger partial charge in [-0.05, 0) is 31.5 Å². The number of hydrogen-bond acceptors (Lipinski definition) is 4. The molecule has 1 aromatic carbocycles. The van der Waals surface area contributed by atoms with Gasteiger partial charge >= 0.3 is 0 Å². The highest BCUT2D eigenvalue weighted by molar-refractivity contribution is 5.83. The van der Waals surface area contributed by atoms with Crippen molar-refractivity contribution >= 4 is 5.78 Å². The summed E-state index contributed by atoms with van der Waals surface area (Å²) in [6.45, 7) is 2.22. The number of carbonyl (C=O) groups excluding carboxylic acids is 1. The zero-order valence-electron chi connectivity index (χ0n) is 13.1. The van der Waals surface area contributed by atoms with Crippen LogP contribution < -0.4 is 5.56 Å². The van der Waals surface area contributed by atoms with Crippen LogP contribution in [0, 0.1) is 5.92 Å². The standard InChI is InChI=1S/C18H21N3O2/c22-17(12-14-4-2-1-3-5-14)15-6-10-21(11-7-15)13-16-18(23)20-9-8-19-16/h1-5,8-9,15H,6-7,10-13H2,(H,20,23). The third-order valence-corrected chi connectivity index (χ3v) is 4.42. The maximum absolute atomic E-state index is 12.4. The maximum atomic E-state index is 12.4.